The molecule has 0 aliphatic carbocycles. The summed E-state index contributed by atoms with van der Waals surface area (Å²) >= 11 is 0. The van der Waals surface area contributed by atoms with Crippen molar-refractivity contribution in [3.8, 4) is 0 Å². The van der Waals surface area contributed by atoms with Crippen LogP contribution in [0.15, 0.2) is 35.3 Å². The van der Waals surface area contributed by atoms with E-state index in [0.717, 1.165) is 6.42 Å². The molecule has 4 nitrogen and oxygen atoms in total. The van der Waals surface area contributed by atoms with Gasteiger partial charge in [0.15, 0.2) is 0 Å². The van der Waals surface area contributed by atoms with Crippen LogP contribution in [-0.4, -0.2) is 12.1 Å². The first-order chi connectivity index (χ1) is 6.34. The van der Waals surface area contributed by atoms with Gasteiger partial charge < -0.3 is 5.73 Å². The van der Waals surface area contributed by atoms with E-state index >= 15 is 0 Å². The predicted molar refractivity (Wildman–Crippen MR) is 51.8 cm³/mol. The summed E-state index contributed by atoms with van der Waals surface area (Å²) in [4.78, 5) is 4.16. The van der Waals surface area contributed by atoms with E-state index < -0.39 is 0 Å². The summed E-state index contributed by atoms with van der Waals surface area (Å²) in [5.41, 5.74) is 12.4. The lowest BCUT2D eigenvalue weighted by Gasteiger charge is -2.06. The maximum Gasteiger partial charge on any atom is 0.204 e. The van der Waals surface area contributed by atoms with E-state index in [2.05, 4.69) is 28.0 Å². The zero-order valence-electron chi connectivity index (χ0n) is 7.20. The van der Waals surface area contributed by atoms with Gasteiger partial charge in [-0.3, -0.25) is 5.43 Å². The van der Waals surface area contributed by atoms with Crippen LogP contribution in [-0.2, 0) is 6.42 Å². The van der Waals surface area contributed by atoms with Crippen LogP contribution in [0.3, 0.4) is 0 Å². The summed E-state index contributed by atoms with van der Waals surface area (Å²) < 4.78 is 0. The average molecular weight is 176 g/mol. The van der Waals surface area contributed by atoms with Gasteiger partial charge in [0.2, 0.25) is 5.96 Å². The molecular formula is C9H12N4. The number of aliphatic imine (C=N–C) groups is 1. The normalized spacial score (nSPS) is 20.9. The molecule has 0 bridgehead atoms. The average Bonchev–Trinajstić information content (AvgIpc) is 2.53. The first kappa shape index (κ1) is 8.07. The molecule has 0 aromatic heterocycles. The van der Waals surface area contributed by atoms with Crippen LogP contribution < -0.4 is 16.6 Å². The Morgan fingerprint density at radius 1 is 1.31 bits per heavy atom. The van der Waals surface area contributed by atoms with Gasteiger partial charge in [-0.05, 0) is 5.56 Å². The van der Waals surface area contributed by atoms with Gasteiger partial charge >= 0.3 is 0 Å². The molecular weight excluding hydrogens is 164 g/mol. The molecule has 2 rings (SSSR count). The molecule has 0 radical (unpaired) electrons. The standard InChI is InChI=1S/C9H12N4/c10-9-11-8(12-13-9)6-7-4-2-1-3-5-7/h1-5,8,12H,6H2,(H3,10,11,13). The highest BCUT2D eigenvalue weighted by Gasteiger charge is 2.13. The first-order valence-corrected chi connectivity index (χ1v) is 4.23. The van der Waals surface area contributed by atoms with Crippen molar-refractivity contribution in [2.75, 3.05) is 0 Å². The van der Waals surface area contributed by atoms with E-state index in [9.17, 15) is 0 Å². The molecule has 1 aromatic carbocycles. The molecule has 1 heterocycles. The first-order valence-electron chi connectivity index (χ1n) is 4.23. The van der Waals surface area contributed by atoms with Gasteiger partial charge in [-0.25, -0.2) is 10.4 Å². The largest absolute Gasteiger partial charge is 0.369 e. The van der Waals surface area contributed by atoms with Crippen molar-refractivity contribution in [3.63, 3.8) is 0 Å². The Balaban J connectivity index is 2.00. The Labute approximate surface area is 76.8 Å². The van der Waals surface area contributed by atoms with Crippen molar-refractivity contribution in [2.45, 2.75) is 12.6 Å². The molecule has 1 atom stereocenters. The molecule has 1 aliphatic heterocycles. The minimum absolute atomic E-state index is 0.0578. The summed E-state index contributed by atoms with van der Waals surface area (Å²) in [5.74, 6) is 0.459. The van der Waals surface area contributed by atoms with E-state index in [1.165, 1.54) is 5.56 Å². The van der Waals surface area contributed by atoms with Crippen molar-refractivity contribution in [1.82, 2.24) is 10.9 Å². The van der Waals surface area contributed by atoms with E-state index in [0.29, 0.717) is 5.96 Å². The molecule has 0 saturated heterocycles. The van der Waals surface area contributed by atoms with Gasteiger partial charge in [0.1, 0.15) is 6.17 Å². The number of rotatable bonds is 2. The second-order valence-electron chi connectivity index (χ2n) is 2.99. The van der Waals surface area contributed by atoms with Crippen molar-refractivity contribution >= 4 is 5.96 Å². The van der Waals surface area contributed by atoms with Gasteiger partial charge in [0.05, 0.1) is 0 Å². The minimum Gasteiger partial charge on any atom is -0.369 e. The lowest BCUT2D eigenvalue weighted by Crippen LogP contribution is -2.38. The highest BCUT2D eigenvalue weighted by Crippen LogP contribution is 2.04. The zero-order valence-corrected chi connectivity index (χ0v) is 7.20. The number of nitrogens with zero attached hydrogens (tertiary/aromatic N) is 1. The van der Waals surface area contributed by atoms with Crippen LogP contribution in [0.5, 0.6) is 0 Å². The minimum atomic E-state index is 0.0578. The van der Waals surface area contributed by atoms with Crippen LogP contribution >= 0.6 is 0 Å². The molecule has 4 N–H and O–H groups in total. The molecule has 1 aromatic rings. The second kappa shape index (κ2) is 3.45. The number of hydrazine groups is 1. The predicted octanol–water partition coefficient (Wildman–Crippen LogP) is -0.0223. The summed E-state index contributed by atoms with van der Waals surface area (Å²) in [6.45, 7) is 0. The Bertz CT molecular complexity index is 307. The summed E-state index contributed by atoms with van der Waals surface area (Å²) in [7, 11) is 0. The van der Waals surface area contributed by atoms with E-state index in [1.807, 2.05) is 18.2 Å². The molecule has 68 valence electrons. The molecule has 0 amide bonds. The maximum absolute atomic E-state index is 5.46. The highest BCUT2D eigenvalue weighted by molar-refractivity contribution is 5.78. The topological polar surface area (TPSA) is 62.4 Å². The highest BCUT2D eigenvalue weighted by atomic mass is 15.5. The lowest BCUT2D eigenvalue weighted by molar-refractivity contribution is 0.545. The number of nitrogens with two attached hydrogens (primary N) is 1. The van der Waals surface area contributed by atoms with Gasteiger partial charge in [0, 0.05) is 6.42 Å². The molecule has 0 fully saturated rings. The SMILES string of the molecule is NC1=NC(Cc2ccccc2)NN1. The molecule has 1 unspecified atom stereocenters. The fraction of sp³-hybridized carbons (Fsp3) is 0.222. The van der Waals surface area contributed by atoms with Gasteiger partial charge in [0.25, 0.3) is 0 Å². The third kappa shape index (κ3) is 1.97. The fourth-order valence-corrected chi connectivity index (χ4v) is 1.32. The lowest BCUT2D eigenvalue weighted by atomic mass is 10.1. The summed E-state index contributed by atoms with van der Waals surface area (Å²) in [5, 5.41) is 0. The molecule has 4 heteroatoms. The number of nitrogens with one attached hydrogen (secondary N) is 2. The van der Waals surface area contributed by atoms with Crippen molar-refractivity contribution < 1.29 is 0 Å². The van der Waals surface area contributed by atoms with Gasteiger partial charge in [-0.15, -0.1) is 0 Å². The van der Waals surface area contributed by atoms with Crippen molar-refractivity contribution in [3.05, 3.63) is 35.9 Å². The van der Waals surface area contributed by atoms with Crippen LogP contribution in [0.4, 0.5) is 0 Å². The van der Waals surface area contributed by atoms with E-state index in [4.69, 9.17) is 5.73 Å². The molecule has 1 aliphatic rings. The van der Waals surface area contributed by atoms with Gasteiger partial charge in [-0.2, -0.15) is 0 Å². The third-order valence-corrected chi connectivity index (χ3v) is 1.93. The molecule has 0 spiro atoms. The number of benzene rings is 1. The van der Waals surface area contributed by atoms with Crippen LogP contribution in [0, 0.1) is 0 Å². The van der Waals surface area contributed by atoms with Gasteiger partial charge in [-0.1, -0.05) is 30.3 Å². The van der Waals surface area contributed by atoms with Crippen LogP contribution in [0.25, 0.3) is 0 Å². The van der Waals surface area contributed by atoms with Crippen LogP contribution in [0.2, 0.25) is 0 Å². The smallest absolute Gasteiger partial charge is 0.204 e. The third-order valence-electron chi connectivity index (χ3n) is 1.93. The summed E-state index contributed by atoms with van der Waals surface area (Å²) in [6.07, 6.45) is 0.913. The van der Waals surface area contributed by atoms with Crippen LogP contribution in [0.1, 0.15) is 5.56 Å². The van der Waals surface area contributed by atoms with E-state index in [-0.39, 0.29) is 6.17 Å². The number of hydrogen-bond acceptors (Lipinski definition) is 4. The monoisotopic (exact) mass is 176 g/mol. The number of hydrogen-bond donors (Lipinski definition) is 3. The molecule has 0 saturated carbocycles. The van der Waals surface area contributed by atoms with Crippen molar-refractivity contribution in [2.24, 2.45) is 10.7 Å². The Kier molecular flexibility index (Phi) is 2.14. The summed E-state index contributed by atoms with van der Waals surface area (Å²) in [6, 6.07) is 10.2. The Morgan fingerprint density at radius 2 is 2.08 bits per heavy atom. The number of guanidine groups is 1. The molecule has 13 heavy (non-hydrogen) atoms. The second-order valence-corrected chi connectivity index (χ2v) is 2.99. The van der Waals surface area contributed by atoms with E-state index in [1.54, 1.807) is 0 Å². The van der Waals surface area contributed by atoms with Crippen molar-refractivity contribution in [1.29, 1.82) is 0 Å². The Hall–Kier alpha value is -1.55. The quantitative estimate of drug-likeness (QED) is 0.593. The maximum atomic E-state index is 5.46. The zero-order chi connectivity index (χ0) is 9.10. The Morgan fingerprint density at radius 3 is 2.69 bits per heavy atom. The fourth-order valence-electron chi connectivity index (χ4n) is 1.32.